The summed E-state index contributed by atoms with van der Waals surface area (Å²) in [5, 5.41) is 12.5. The average molecular weight is 369 g/mol. The number of benzene rings is 1. The predicted octanol–water partition coefficient (Wildman–Crippen LogP) is 1.04. The van der Waals surface area contributed by atoms with Gasteiger partial charge in [0.25, 0.3) is 5.91 Å². The van der Waals surface area contributed by atoms with Gasteiger partial charge in [-0.15, -0.1) is 5.10 Å². The van der Waals surface area contributed by atoms with E-state index in [0.717, 1.165) is 11.5 Å². The Morgan fingerprint density at radius 2 is 2.04 bits per heavy atom. The average Bonchev–Trinajstić information content (AvgIpc) is 3.30. The standard InChI is InChI=1S/C16H15N7O2S/c24-15(19-12-4-2-1-3-5-12)11-6-22(16(25)13-9-26-21-20-13)8-14-17-10-18-23(14)7-11/h1-5,9-11H,6-8H2,(H,19,24). The van der Waals surface area contributed by atoms with Crippen LogP contribution in [0.15, 0.2) is 42.0 Å². The molecule has 0 fully saturated rings. The number of anilines is 1. The molecule has 0 bridgehead atoms. The van der Waals surface area contributed by atoms with Gasteiger partial charge in [-0.1, -0.05) is 22.7 Å². The van der Waals surface area contributed by atoms with Crippen LogP contribution in [0.5, 0.6) is 0 Å². The van der Waals surface area contributed by atoms with Gasteiger partial charge in [0.1, 0.15) is 12.2 Å². The molecule has 1 atom stereocenters. The van der Waals surface area contributed by atoms with Gasteiger partial charge in [-0.25, -0.2) is 9.67 Å². The zero-order chi connectivity index (χ0) is 17.9. The Kier molecular flexibility index (Phi) is 4.40. The van der Waals surface area contributed by atoms with Gasteiger partial charge >= 0.3 is 0 Å². The number of fused-ring (bicyclic) bond motifs is 1. The van der Waals surface area contributed by atoms with Gasteiger partial charge in [-0.05, 0) is 23.7 Å². The van der Waals surface area contributed by atoms with E-state index in [9.17, 15) is 9.59 Å². The number of nitrogens with zero attached hydrogens (tertiary/aromatic N) is 6. The first-order chi connectivity index (χ1) is 12.7. The second kappa shape index (κ2) is 7.00. The van der Waals surface area contributed by atoms with Crippen LogP contribution in [0.1, 0.15) is 16.3 Å². The van der Waals surface area contributed by atoms with E-state index in [-0.39, 0.29) is 30.6 Å². The monoisotopic (exact) mass is 369 g/mol. The molecule has 0 spiro atoms. The zero-order valence-electron chi connectivity index (χ0n) is 13.6. The predicted molar refractivity (Wildman–Crippen MR) is 93.2 cm³/mol. The van der Waals surface area contributed by atoms with Crippen molar-refractivity contribution in [2.24, 2.45) is 5.92 Å². The van der Waals surface area contributed by atoms with Crippen LogP contribution in [-0.2, 0) is 17.9 Å². The van der Waals surface area contributed by atoms with E-state index in [2.05, 4.69) is 25.0 Å². The van der Waals surface area contributed by atoms with E-state index < -0.39 is 5.92 Å². The minimum absolute atomic E-state index is 0.172. The van der Waals surface area contributed by atoms with Crippen molar-refractivity contribution in [3.05, 3.63) is 53.6 Å². The quantitative estimate of drug-likeness (QED) is 0.739. The topological polar surface area (TPSA) is 106 Å². The van der Waals surface area contributed by atoms with Crippen molar-refractivity contribution in [1.29, 1.82) is 0 Å². The number of nitrogens with one attached hydrogen (secondary N) is 1. The highest BCUT2D eigenvalue weighted by atomic mass is 32.1. The summed E-state index contributed by atoms with van der Waals surface area (Å²) in [6, 6.07) is 9.22. The van der Waals surface area contributed by atoms with Crippen LogP contribution in [-0.4, -0.2) is 47.6 Å². The van der Waals surface area contributed by atoms with Crippen LogP contribution >= 0.6 is 11.5 Å². The lowest BCUT2D eigenvalue weighted by atomic mass is 10.1. The van der Waals surface area contributed by atoms with Crippen LogP contribution in [0.2, 0.25) is 0 Å². The highest BCUT2D eigenvalue weighted by molar-refractivity contribution is 7.03. The van der Waals surface area contributed by atoms with Crippen LogP contribution in [0, 0.1) is 5.92 Å². The number of amides is 2. The van der Waals surface area contributed by atoms with E-state index >= 15 is 0 Å². The van der Waals surface area contributed by atoms with Crippen molar-refractivity contribution in [2.45, 2.75) is 13.1 Å². The molecular weight excluding hydrogens is 354 g/mol. The molecule has 1 aliphatic rings. The number of carbonyl (C=O) groups is 2. The smallest absolute Gasteiger partial charge is 0.275 e. The number of carbonyl (C=O) groups excluding carboxylic acids is 2. The highest BCUT2D eigenvalue weighted by Crippen LogP contribution is 2.18. The molecule has 1 aliphatic heterocycles. The molecule has 9 nitrogen and oxygen atoms in total. The summed E-state index contributed by atoms with van der Waals surface area (Å²) in [5.41, 5.74) is 0.979. The molecule has 1 aromatic carbocycles. The molecule has 3 heterocycles. The largest absolute Gasteiger partial charge is 0.329 e. The molecule has 1 N–H and O–H groups in total. The fourth-order valence-corrected chi connectivity index (χ4v) is 3.27. The van der Waals surface area contributed by atoms with Gasteiger partial charge in [0.05, 0.1) is 19.0 Å². The Labute approximate surface area is 152 Å². The van der Waals surface area contributed by atoms with Crippen molar-refractivity contribution < 1.29 is 9.59 Å². The van der Waals surface area contributed by atoms with Crippen molar-refractivity contribution in [3.63, 3.8) is 0 Å². The van der Waals surface area contributed by atoms with E-state index in [0.29, 0.717) is 18.1 Å². The Balaban J connectivity index is 1.58. The van der Waals surface area contributed by atoms with Gasteiger partial charge in [0.15, 0.2) is 5.69 Å². The van der Waals surface area contributed by atoms with Crippen molar-refractivity contribution in [3.8, 4) is 0 Å². The van der Waals surface area contributed by atoms with Crippen LogP contribution in [0.3, 0.4) is 0 Å². The first kappa shape index (κ1) is 16.3. The lowest BCUT2D eigenvalue weighted by molar-refractivity contribution is -0.120. The molecule has 26 heavy (non-hydrogen) atoms. The normalized spacial score (nSPS) is 16.6. The van der Waals surface area contributed by atoms with Gasteiger partial charge in [0.2, 0.25) is 5.91 Å². The molecule has 3 aromatic rings. The Morgan fingerprint density at radius 3 is 2.81 bits per heavy atom. The Bertz CT molecular complexity index is 910. The highest BCUT2D eigenvalue weighted by Gasteiger charge is 2.31. The molecule has 0 radical (unpaired) electrons. The maximum Gasteiger partial charge on any atom is 0.275 e. The molecule has 0 aliphatic carbocycles. The SMILES string of the molecule is O=C(Nc1ccccc1)C1CN(C(=O)c2csnn2)Cc2ncnn2C1. The molecule has 2 amide bonds. The van der Waals surface area contributed by atoms with Crippen molar-refractivity contribution >= 4 is 29.0 Å². The summed E-state index contributed by atoms with van der Waals surface area (Å²) in [6.07, 6.45) is 1.43. The van der Waals surface area contributed by atoms with E-state index in [1.807, 2.05) is 30.3 Å². The summed E-state index contributed by atoms with van der Waals surface area (Å²) >= 11 is 1.11. The minimum Gasteiger partial charge on any atom is -0.329 e. The van der Waals surface area contributed by atoms with Gasteiger partial charge < -0.3 is 10.2 Å². The van der Waals surface area contributed by atoms with Gasteiger partial charge in [-0.3, -0.25) is 9.59 Å². The molecule has 0 saturated carbocycles. The first-order valence-corrected chi connectivity index (χ1v) is 8.83. The van der Waals surface area contributed by atoms with Gasteiger partial charge in [0, 0.05) is 17.6 Å². The van der Waals surface area contributed by atoms with Crippen LogP contribution < -0.4 is 5.32 Å². The zero-order valence-corrected chi connectivity index (χ0v) is 14.5. The number of hydrogen-bond acceptors (Lipinski definition) is 7. The van der Waals surface area contributed by atoms with Crippen LogP contribution in [0.25, 0.3) is 0 Å². The fourth-order valence-electron chi connectivity index (χ4n) is 2.84. The van der Waals surface area contributed by atoms with Gasteiger partial charge in [-0.2, -0.15) is 5.10 Å². The van der Waals surface area contributed by atoms with Crippen molar-refractivity contribution in [1.82, 2.24) is 29.3 Å². The molecule has 4 rings (SSSR count). The maximum atomic E-state index is 12.8. The molecule has 10 heteroatoms. The molecule has 1 unspecified atom stereocenters. The molecule has 0 saturated heterocycles. The number of aromatic nitrogens is 5. The minimum atomic E-state index is -0.464. The molecule has 2 aromatic heterocycles. The van der Waals surface area contributed by atoms with E-state index in [4.69, 9.17) is 0 Å². The second-order valence-electron chi connectivity index (χ2n) is 5.89. The maximum absolute atomic E-state index is 12.8. The van der Waals surface area contributed by atoms with E-state index in [1.165, 1.54) is 6.33 Å². The summed E-state index contributed by atoms with van der Waals surface area (Å²) in [7, 11) is 0. The van der Waals surface area contributed by atoms with Crippen molar-refractivity contribution in [2.75, 3.05) is 11.9 Å². The summed E-state index contributed by atoms with van der Waals surface area (Å²) in [4.78, 5) is 31.3. The first-order valence-electron chi connectivity index (χ1n) is 7.99. The summed E-state index contributed by atoms with van der Waals surface area (Å²) in [6.45, 7) is 0.874. The lowest BCUT2D eigenvalue weighted by Gasteiger charge is -2.22. The number of rotatable bonds is 3. The molecule has 132 valence electrons. The lowest BCUT2D eigenvalue weighted by Crippen LogP contribution is -2.38. The van der Waals surface area contributed by atoms with Crippen LogP contribution in [0.4, 0.5) is 5.69 Å². The number of para-hydroxylation sites is 1. The Hall–Kier alpha value is -3.14. The van der Waals surface area contributed by atoms with E-state index in [1.54, 1.807) is 15.0 Å². The summed E-state index contributed by atoms with van der Waals surface area (Å²) < 4.78 is 5.41. The molecular formula is C16H15N7O2S. The third kappa shape index (κ3) is 3.31. The second-order valence-corrected chi connectivity index (χ2v) is 6.50. The fraction of sp³-hybridized carbons (Fsp3) is 0.250. The Morgan fingerprint density at radius 1 is 1.19 bits per heavy atom. The third-order valence-corrected chi connectivity index (χ3v) is 4.65. The summed E-state index contributed by atoms with van der Waals surface area (Å²) in [5.74, 6) is -0.272. The number of hydrogen-bond donors (Lipinski definition) is 1. The third-order valence-electron chi connectivity index (χ3n) is 4.14.